The van der Waals surface area contributed by atoms with Gasteiger partial charge in [0.05, 0.1) is 29.5 Å². The third-order valence-corrected chi connectivity index (χ3v) is 8.04. The first-order valence-corrected chi connectivity index (χ1v) is 12.8. The zero-order valence-corrected chi connectivity index (χ0v) is 19.5. The fourth-order valence-electron chi connectivity index (χ4n) is 3.55. The molecule has 8 heteroatoms. The maximum Gasteiger partial charge on any atom is 0.243 e. The van der Waals surface area contributed by atoms with Gasteiger partial charge in [0.2, 0.25) is 10.0 Å². The van der Waals surface area contributed by atoms with E-state index in [1.165, 1.54) is 9.87 Å². The maximum absolute atomic E-state index is 12.9. The van der Waals surface area contributed by atoms with Crippen LogP contribution in [-0.4, -0.2) is 43.6 Å². The zero-order chi connectivity index (χ0) is 21.8. The van der Waals surface area contributed by atoms with Crippen LogP contribution < -0.4 is 4.80 Å². The van der Waals surface area contributed by atoms with Crippen LogP contribution in [0.2, 0.25) is 0 Å². The van der Waals surface area contributed by atoms with Gasteiger partial charge in [-0.1, -0.05) is 36.8 Å². The molecule has 0 unspecified atom stereocenters. The van der Waals surface area contributed by atoms with Gasteiger partial charge in [-0.25, -0.2) is 13.4 Å². The monoisotopic (exact) mass is 457 g/mol. The minimum atomic E-state index is -3.49. The number of ether oxygens (including phenoxy) is 1. The van der Waals surface area contributed by atoms with Crippen molar-refractivity contribution in [2.75, 3.05) is 26.3 Å². The number of hydrogen-bond donors (Lipinski definition) is 0. The molecule has 0 radical (unpaired) electrons. The van der Waals surface area contributed by atoms with Crippen molar-refractivity contribution in [3.05, 3.63) is 64.3 Å². The van der Waals surface area contributed by atoms with Gasteiger partial charge in [0, 0.05) is 25.0 Å². The van der Waals surface area contributed by atoms with E-state index in [1.807, 2.05) is 24.3 Å². The van der Waals surface area contributed by atoms with Crippen LogP contribution in [0.1, 0.15) is 18.9 Å². The summed E-state index contributed by atoms with van der Waals surface area (Å²) in [6, 6.07) is 15.3. The molecule has 1 fully saturated rings. The van der Waals surface area contributed by atoms with Crippen molar-refractivity contribution in [1.82, 2.24) is 8.87 Å². The maximum atomic E-state index is 12.9. The van der Waals surface area contributed by atoms with Crippen molar-refractivity contribution < 1.29 is 13.2 Å². The lowest BCUT2D eigenvalue weighted by Gasteiger charge is -2.26. The highest BCUT2D eigenvalue weighted by molar-refractivity contribution is 7.89. The molecule has 1 aliphatic heterocycles. The van der Waals surface area contributed by atoms with Gasteiger partial charge in [-0.2, -0.15) is 4.31 Å². The highest BCUT2D eigenvalue weighted by Crippen LogP contribution is 2.25. The average Bonchev–Trinajstić information content (AvgIpc) is 3.18. The lowest BCUT2D eigenvalue weighted by molar-refractivity contribution is 0.0730. The number of nitrogens with zero attached hydrogens (tertiary/aromatic N) is 3. The van der Waals surface area contributed by atoms with Gasteiger partial charge in [-0.15, -0.1) is 11.3 Å². The second kappa shape index (κ2) is 9.48. The SMILES string of the molecule is CCCn1c(-c2ccc(S(=O)(=O)N3CCOCC3)cc2)csc1=Nc1ccc(C)cc1. The Kier molecular flexibility index (Phi) is 6.71. The highest BCUT2D eigenvalue weighted by Gasteiger charge is 2.26. The minimum Gasteiger partial charge on any atom is -0.379 e. The summed E-state index contributed by atoms with van der Waals surface area (Å²) in [4.78, 5) is 6.09. The minimum absolute atomic E-state index is 0.319. The second-order valence-corrected chi connectivity index (χ2v) is 10.3. The van der Waals surface area contributed by atoms with E-state index < -0.39 is 10.0 Å². The largest absolute Gasteiger partial charge is 0.379 e. The van der Waals surface area contributed by atoms with Gasteiger partial charge >= 0.3 is 0 Å². The molecule has 1 aromatic heterocycles. The van der Waals surface area contributed by atoms with Crippen molar-refractivity contribution in [2.45, 2.75) is 31.7 Å². The van der Waals surface area contributed by atoms with Crippen molar-refractivity contribution in [3.8, 4) is 11.3 Å². The van der Waals surface area contributed by atoms with Crippen LogP contribution in [-0.2, 0) is 21.3 Å². The van der Waals surface area contributed by atoms with E-state index in [1.54, 1.807) is 23.5 Å². The van der Waals surface area contributed by atoms with Crippen LogP contribution in [0.3, 0.4) is 0 Å². The van der Waals surface area contributed by atoms with Crippen LogP contribution in [0.25, 0.3) is 11.3 Å². The summed E-state index contributed by atoms with van der Waals surface area (Å²) in [5.41, 5.74) is 4.17. The molecule has 31 heavy (non-hydrogen) atoms. The molecule has 3 aromatic rings. The second-order valence-electron chi connectivity index (χ2n) is 7.54. The standard InChI is InChI=1S/C23H27N3O3S2/c1-3-12-26-22(17-30-23(26)24-20-8-4-18(2)5-9-20)19-6-10-21(11-7-19)31(27,28)25-13-15-29-16-14-25/h4-11,17H,3,12-16H2,1-2H3. The van der Waals surface area contributed by atoms with E-state index in [2.05, 4.69) is 35.9 Å². The summed E-state index contributed by atoms with van der Waals surface area (Å²) >= 11 is 1.60. The molecule has 0 saturated carbocycles. The molecule has 0 amide bonds. The first-order valence-electron chi connectivity index (χ1n) is 10.5. The van der Waals surface area contributed by atoms with E-state index in [0.717, 1.165) is 34.7 Å². The van der Waals surface area contributed by atoms with Crippen molar-refractivity contribution in [1.29, 1.82) is 0 Å². The summed E-state index contributed by atoms with van der Waals surface area (Å²) in [6.07, 6.45) is 0.980. The smallest absolute Gasteiger partial charge is 0.243 e. The lowest BCUT2D eigenvalue weighted by atomic mass is 10.2. The molecular formula is C23H27N3O3S2. The number of benzene rings is 2. The fourth-order valence-corrected chi connectivity index (χ4v) is 5.92. The Morgan fingerprint density at radius 3 is 2.35 bits per heavy atom. The Hall–Kier alpha value is -2.26. The Labute approximate surface area is 187 Å². The van der Waals surface area contributed by atoms with Crippen LogP contribution in [0.4, 0.5) is 5.69 Å². The Morgan fingerprint density at radius 2 is 1.71 bits per heavy atom. The first kappa shape index (κ1) is 22.0. The average molecular weight is 458 g/mol. The number of rotatable bonds is 6. The molecule has 0 N–H and O–H groups in total. The summed E-state index contributed by atoms with van der Waals surface area (Å²) in [6.45, 7) is 6.73. The van der Waals surface area contributed by atoms with E-state index in [9.17, 15) is 8.42 Å². The van der Waals surface area contributed by atoms with Gasteiger partial charge in [0.1, 0.15) is 0 Å². The van der Waals surface area contributed by atoms with Crippen molar-refractivity contribution in [3.63, 3.8) is 0 Å². The third kappa shape index (κ3) is 4.82. The van der Waals surface area contributed by atoms with Gasteiger partial charge in [-0.3, -0.25) is 0 Å². The number of aromatic nitrogens is 1. The molecule has 1 saturated heterocycles. The van der Waals surface area contributed by atoms with E-state index >= 15 is 0 Å². The van der Waals surface area contributed by atoms with Crippen LogP contribution >= 0.6 is 11.3 Å². The van der Waals surface area contributed by atoms with Crippen molar-refractivity contribution in [2.24, 2.45) is 4.99 Å². The zero-order valence-electron chi connectivity index (χ0n) is 17.8. The lowest BCUT2D eigenvalue weighted by Crippen LogP contribution is -2.40. The summed E-state index contributed by atoms with van der Waals surface area (Å²) < 4.78 is 34.8. The first-order chi connectivity index (χ1) is 15.0. The van der Waals surface area contributed by atoms with Gasteiger partial charge < -0.3 is 9.30 Å². The molecule has 2 heterocycles. The molecule has 0 bridgehead atoms. The Morgan fingerprint density at radius 1 is 1.03 bits per heavy atom. The number of morpholine rings is 1. The molecule has 1 aliphatic rings. The van der Waals surface area contributed by atoms with E-state index in [0.29, 0.717) is 31.2 Å². The number of thiazole rings is 1. The number of aryl methyl sites for hydroxylation is 1. The van der Waals surface area contributed by atoms with E-state index in [-0.39, 0.29) is 0 Å². The number of hydrogen-bond acceptors (Lipinski definition) is 5. The molecule has 0 aliphatic carbocycles. The van der Waals surface area contributed by atoms with Gasteiger partial charge in [-0.05, 0) is 43.2 Å². The quantitative estimate of drug-likeness (QED) is 0.558. The van der Waals surface area contributed by atoms with E-state index in [4.69, 9.17) is 9.73 Å². The molecule has 164 valence electrons. The number of sulfonamides is 1. The predicted octanol–water partition coefficient (Wildman–Crippen LogP) is 4.19. The van der Waals surface area contributed by atoms with Gasteiger partial charge in [0.25, 0.3) is 0 Å². The molecule has 0 atom stereocenters. The molecule has 2 aromatic carbocycles. The molecule has 4 rings (SSSR count). The predicted molar refractivity (Wildman–Crippen MR) is 124 cm³/mol. The summed E-state index contributed by atoms with van der Waals surface area (Å²) in [5.74, 6) is 0. The van der Waals surface area contributed by atoms with Gasteiger partial charge in [0.15, 0.2) is 4.80 Å². The Balaban J connectivity index is 1.66. The molecule has 0 spiro atoms. The van der Waals surface area contributed by atoms with Crippen LogP contribution in [0.15, 0.2) is 63.8 Å². The third-order valence-electron chi connectivity index (χ3n) is 5.26. The highest BCUT2D eigenvalue weighted by atomic mass is 32.2. The molecular weight excluding hydrogens is 430 g/mol. The molecule has 6 nitrogen and oxygen atoms in total. The topological polar surface area (TPSA) is 63.9 Å². The summed E-state index contributed by atoms with van der Waals surface area (Å²) in [7, 11) is -3.49. The normalized spacial score (nSPS) is 16.0. The fraction of sp³-hybridized carbons (Fsp3) is 0.348. The Bertz CT molecular complexity index is 1190. The van der Waals surface area contributed by atoms with Crippen molar-refractivity contribution >= 4 is 27.0 Å². The van der Waals surface area contributed by atoms with Crippen LogP contribution in [0.5, 0.6) is 0 Å². The summed E-state index contributed by atoms with van der Waals surface area (Å²) in [5, 5.41) is 2.09. The van der Waals surface area contributed by atoms with Crippen LogP contribution in [0, 0.1) is 6.92 Å².